The number of hydrogen-bond donors (Lipinski definition) is 2. The monoisotopic (exact) mass is 408 g/mol. The third-order valence-electron chi connectivity index (χ3n) is 5.05. The highest BCUT2D eigenvalue weighted by Crippen LogP contribution is 2.17. The largest absolute Gasteiger partial charge is 0.357 e. The number of guanidine groups is 1. The molecule has 1 saturated heterocycles. The van der Waals surface area contributed by atoms with Gasteiger partial charge in [-0.05, 0) is 69.9 Å². The van der Waals surface area contributed by atoms with Gasteiger partial charge in [-0.15, -0.1) is 0 Å². The van der Waals surface area contributed by atoms with Gasteiger partial charge in [-0.1, -0.05) is 25.0 Å². The van der Waals surface area contributed by atoms with Crippen LogP contribution in [-0.2, 0) is 16.4 Å². The van der Waals surface area contributed by atoms with Gasteiger partial charge in [0.05, 0.1) is 11.4 Å². The smallest absolute Gasteiger partial charge is 0.191 e. The predicted octanol–water partition coefficient (Wildman–Crippen LogP) is 2.72. The first kappa shape index (κ1) is 22.7. The fraction of sp³-hybridized carbons (Fsp3) is 0.667. The molecule has 0 aromatic heterocycles. The molecule has 7 heteroatoms. The number of nitrogens with zero attached hydrogens (tertiary/aromatic N) is 2. The first-order valence-electron chi connectivity index (χ1n) is 10.4. The van der Waals surface area contributed by atoms with E-state index < -0.39 is 9.84 Å². The standard InChI is InChI=1S/C21H36N4O2S/c1-4-22-21(23-12-9-15-25-13-7-5-6-8-14-25)24-17-19-10-11-20(18(2)16-19)28(3,26)27/h10-11,16H,4-9,12-15,17H2,1-3H3,(H2,22,23,24). The van der Waals surface area contributed by atoms with E-state index in [1.807, 2.05) is 19.1 Å². The summed E-state index contributed by atoms with van der Waals surface area (Å²) >= 11 is 0. The molecule has 1 heterocycles. The van der Waals surface area contributed by atoms with Crippen LogP contribution in [0.2, 0.25) is 0 Å². The van der Waals surface area contributed by atoms with Crippen LogP contribution in [0.4, 0.5) is 0 Å². The molecule has 0 radical (unpaired) electrons. The van der Waals surface area contributed by atoms with E-state index in [0.717, 1.165) is 43.1 Å². The fourth-order valence-electron chi connectivity index (χ4n) is 3.61. The molecule has 0 aliphatic carbocycles. The summed E-state index contributed by atoms with van der Waals surface area (Å²) in [6.07, 6.45) is 7.75. The van der Waals surface area contributed by atoms with Gasteiger partial charge in [-0.25, -0.2) is 13.4 Å². The van der Waals surface area contributed by atoms with Crippen molar-refractivity contribution in [1.82, 2.24) is 15.5 Å². The molecule has 1 aromatic rings. The van der Waals surface area contributed by atoms with Crippen LogP contribution < -0.4 is 10.6 Å². The van der Waals surface area contributed by atoms with E-state index in [4.69, 9.17) is 0 Å². The van der Waals surface area contributed by atoms with E-state index in [-0.39, 0.29) is 0 Å². The molecule has 0 atom stereocenters. The van der Waals surface area contributed by atoms with Gasteiger partial charge in [0.15, 0.2) is 15.8 Å². The highest BCUT2D eigenvalue weighted by Gasteiger charge is 2.11. The van der Waals surface area contributed by atoms with E-state index >= 15 is 0 Å². The van der Waals surface area contributed by atoms with Crippen LogP contribution in [0.15, 0.2) is 28.1 Å². The summed E-state index contributed by atoms with van der Waals surface area (Å²) in [4.78, 5) is 7.61. The highest BCUT2D eigenvalue weighted by molar-refractivity contribution is 7.90. The molecule has 2 rings (SSSR count). The van der Waals surface area contributed by atoms with Gasteiger partial charge in [-0.2, -0.15) is 0 Å². The number of aliphatic imine (C=N–C) groups is 1. The Balaban J connectivity index is 1.85. The third-order valence-corrected chi connectivity index (χ3v) is 6.30. The first-order valence-corrected chi connectivity index (χ1v) is 12.3. The molecule has 0 bridgehead atoms. The molecule has 158 valence electrons. The number of aryl methyl sites for hydroxylation is 1. The zero-order valence-electron chi connectivity index (χ0n) is 17.6. The number of benzene rings is 1. The van der Waals surface area contributed by atoms with Crippen LogP contribution in [0.5, 0.6) is 0 Å². The molecule has 0 unspecified atom stereocenters. The van der Waals surface area contributed by atoms with E-state index in [0.29, 0.717) is 11.4 Å². The molecular weight excluding hydrogens is 372 g/mol. The van der Waals surface area contributed by atoms with E-state index in [9.17, 15) is 8.42 Å². The van der Waals surface area contributed by atoms with Gasteiger partial charge >= 0.3 is 0 Å². The van der Waals surface area contributed by atoms with Crippen molar-refractivity contribution in [2.45, 2.75) is 57.4 Å². The number of sulfone groups is 1. The zero-order valence-corrected chi connectivity index (χ0v) is 18.4. The predicted molar refractivity (Wildman–Crippen MR) is 117 cm³/mol. The molecular formula is C21H36N4O2S. The normalized spacial score (nSPS) is 16.6. The number of likely N-dealkylation sites (tertiary alicyclic amines) is 1. The maximum atomic E-state index is 11.7. The highest BCUT2D eigenvalue weighted by atomic mass is 32.2. The minimum absolute atomic E-state index is 0.388. The van der Waals surface area contributed by atoms with Crippen LogP contribution in [0.25, 0.3) is 0 Å². The average Bonchev–Trinajstić information content (AvgIpc) is 2.91. The van der Waals surface area contributed by atoms with E-state index in [1.165, 1.54) is 45.0 Å². The Morgan fingerprint density at radius 2 is 1.86 bits per heavy atom. The molecule has 0 saturated carbocycles. The second-order valence-electron chi connectivity index (χ2n) is 7.60. The summed E-state index contributed by atoms with van der Waals surface area (Å²) in [5.74, 6) is 0.809. The molecule has 1 aliphatic rings. The minimum Gasteiger partial charge on any atom is -0.357 e. The third kappa shape index (κ3) is 7.80. The van der Waals surface area contributed by atoms with Crippen molar-refractivity contribution >= 4 is 15.8 Å². The van der Waals surface area contributed by atoms with Crippen LogP contribution in [-0.4, -0.2) is 58.3 Å². The summed E-state index contributed by atoms with van der Waals surface area (Å²) in [6.45, 7) is 9.71. The van der Waals surface area contributed by atoms with Crippen molar-refractivity contribution in [3.8, 4) is 0 Å². The van der Waals surface area contributed by atoms with Gasteiger partial charge in [0.1, 0.15) is 0 Å². The maximum absolute atomic E-state index is 11.7. The van der Waals surface area contributed by atoms with Gasteiger partial charge < -0.3 is 15.5 Å². The summed E-state index contributed by atoms with van der Waals surface area (Å²) in [5, 5.41) is 6.69. The molecule has 1 aromatic carbocycles. The Morgan fingerprint density at radius 3 is 2.46 bits per heavy atom. The van der Waals surface area contributed by atoms with Crippen LogP contribution in [0.1, 0.15) is 50.2 Å². The zero-order chi connectivity index (χ0) is 20.4. The summed E-state index contributed by atoms with van der Waals surface area (Å²) in [7, 11) is -3.18. The number of rotatable bonds is 8. The Bertz CT molecular complexity index is 739. The quantitative estimate of drug-likeness (QED) is 0.393. The van der Waals surface area contributed by atoms with Gasteiger partial charge in [0.25, 0.3) is 0 Å². The lowest BCUT2D eigenvalue weighted by atomic mass is 10.1. The van der Waals surface area contributed by atoms with E-state index in [2.05, 4.69) is 27.4 Å². The van der Waals surface area contributed by atoms with Crippen molar-refractivity contribution in [3.63, 3.8) is 0 Å². The Hall–Kier alpha value is -1.60. The topological polar surface area (TPSA) is 73.8 Å². The SMILES string of the molecule is CCNC(=NCc1ccc(S(C)(=O)=O)c(C)c1)NCCCN1CCCCCC1. The second-order valence-corrected chi connectivity index (χ2v) is 9.59. The lowest BCUT2D eigenvalue weighted by Crippen LogP contribution is -2.39. The fourth-order valence-corrected chi connectivity index (χ4v) is 4.57. The average molecular weight is 409 g/mol. The molecule has 28 heavy (non-hydrogen) atoms. The Morgan fingerprint density at radius 1 is 1.14 bits per heavy atom. The van der Waals surface area contributed by atoms with Gasteiger partial charge in [0.2, 0.25) is 0 Å². The van der Waals surface area contributed by atoms with Gasteiger partial charge in [0, 0.05) is 19.3 Å². The van der Waals surface area contributed by atoms with Crippen LogP contribution in [0, 0.1) is 6.92 Å². The summed E-state index contributed by atoms with van der Waals surface area (Å²) in [6, 6.07) is 5.43. The van der Waals surface area contributed by atoms with Gasteiger partial charge in [-0.3, -0.25) is 0 Å². The van der Waals surface area contributed by atoms with Crippen LogP contribution in [0.3, 0.4) is 0 Å². The van der Waals surface area contributed by atoms with Crippen molar-refractivity contribution < 1.29 is 8.42 Å². The van der Waals surface area contributed by atoms with E-state index in [1.54, 1.807) is 6.07 Å². The molecule has 1 fully saturated rings. The molecule has 2 N–H and O–H groups in total. The Labute approximate surface area is 170 Å². The number of hydrogen-bond acceptors (Lipinski definition) is 4. The minimum atomic E-state index is -3.18. The summed E-state index contributed by atoms with van der Waals surface area (Å²) in [5.41, 5.74) is 1.78. The molecule has 0 amide bonds. The maximum Gasteiger partial charge on any atom is 0.191 e. The second kappa shape index (κ2) is 11.4. The molecule has 0 spiro atoms. The lowest BCUT2D eigenvalue weighted by Gasteiger charge is -2.20. The Kier molecular flexibility index (Phi) is 9.25. The lowest BCUT2D eigenvalue weighted by molar-refractivity contribution is 0.282. The van der Waals surface area contributed by atoms with Crippen molar-refractivity contribution in [3.05, 3.63) is 29.3 Å². The first-order chi connectivity index (χ1) is 13.4. The number of nitrogens with one attached hydrogen (secondary N) is 2. The van der Waals surface area contributed by atoms with Crippen LogP contribution >= 0.6 is 0 Å². The van der Waals surface area contributed by atoms with Crippen molar-refractivity contribution in [1.29, 1.82) is 0 Å². The molecule has 1 aliphatic heterocycles. The van der Waals surface area contributed by atoms with Crippen molar-refractivity contribution in [2.24, 2.45) is 4.99 Å². The summed E-state index contributed by atoms with van der Waals surface area (Å²) < 4.78 is 23.5. The van der Waals surface area contributed by atoms with Crippen molar-refractivity contribution in [2.75, 3.05) is 39.0 Å². The molecule has 6 nitrogen and oxygen atoms in total.